The number of carbonyl (C=O) groups is 2. The molecule has 4 unspecified atom stereocenters. The van der Waals surface area contributed by atoms with Gasteiger partial charge in [0.2, 0.25) is 0 Å². The number of hydrogen-bond acceptors (Lipinski definition) is 5. The van der Waals surface area contributed by atoms with Gasteiger partial charge in [0.25, 0.3) is 0 Å². The zero-order valence-electron chi connectivity index (χ0n) is 30.4. The summed E-state index contributed by atoms with van der Waals surface area (Å²) in [5.74, 6) is -1.25. The average molecular weight is 635 g/mol. The Kier molecular flexibility index (Phi) is 22.3. The van der Waals surface area contributed by atoms with Crippen LogP contribution in [0.2, 0.25) is 0 Å². The quantitative estimate of drug-likeness (QED) is 0.0447. The van der Waals surface area contributed by atoms with E-state index in [-0.39, 0.29) is 29.6 Å². The van der Waals surface area contributed by atoms with Crippen LogP contribution in [0.15, 0.2) is 0 Å². The maximum Gasteiger partial charge on any atom is 0.310 e. The van der Waals surface area contributed by atoms with Gasteiger partial charge in [-0.25, -0.2) is 0 Å². The van der Waals surface area contributed by atoms with E-state index in [1.54, 1.807) is 0 Å². The van der Waals surface area contributed by atoms with Crippen LogP contribution in [-0.4, -0.2) is 37.4 Å². The molecule has 5 nitrogen and oxygen atoms in total. The Bertz CT molecular complexity index is 735. The number of ether oxygens (including phenoxy) is 3. The van der Waals surface area contributed by atoms with Gasteiger partial charge in [-0.05, 0) is 32.1 Å². The van der Waals surface area contributed by atoms with Crippen molar-refractivity contribution < 1.29 is 23.8 Å². The highest BCUT2D eigenvalue weighted by atomic mass is 16.6. The summed E-state index contributed by atoms with van der Waals surface area (Å²) in [6.07, 6.45) is 31.2. The zero-order chi connectivity index (χ0) is 32.6. The topological polar surface area (TPSA) is 65.1 Å². The Morgan fingerprint density at radius 2 is 0.911 bits per heavy atom. The first-order chi connectivity index (χ1) is 22.1. The smallest absolute Gasteiger partial charge is 0.310 e. The van der Waals surface area contributed by atoms with Crippen LogP contribution < -0.4 is 0 Å². The molecule has 1 aliphatic carbocycles. The monoisotopic (exact) mass is 635 g/mol. The van der Waals surface area contributed by atoms with Crippen LogP contribution in [0.1, 0.15) is 201 Å². The minimum Gasteiger partial charge on any atom is -0.465 e. The lowest BCUT2D eigenvalue weighted by Crippen LogP contribution is -2.52. The lowest BCUT2D eigenvalue weighted by molar-refractivity contribution is -0.171. The number of fused-ring (bicyclic) bond motifs is 1. The Morgan fingerprint density at radius 3 is 1.36 bits per heavy atom. The first kappa shape index (κ1) is 40.1. The number of hydrogen-bond donors (Lipinski definition) is 0. The normalized spacial score (nSPS) is 21.8. The Balaban J connectivity index is 2.16. The van der Waals surface area contributed by atoms with Gasteiger partial charge in [0.1, 0.15) is 0 Å². The molecular weight excluding hydrogens is 560 g/mol. The molecule has 4 atom stereocenters. The molecule has 45 heavy (non-hydrogen) atoms. The summed E-state index contributed by atoms with van der Waals surface area (Å²) in [6, 6.07) is 0. The summed E-state index contributed by atoms with van der Waals surface area (Å²) in [4.78, 5) is 28.0. The van der Waals surface area contributed by atoms with Crippen LogP contribution in [0.5, 0.6) is 0 Å². The predicted octanol–water partition coefficient (Wildman–Crippen LogP) is 11.7. The summed E-state index contributed by atoms with van der Waals surface area (Å²) in [7, 11) is 0. The number of carbonyl (C=O) groups excluding carboxylic acids is 2. The molecule has 1 aliphatic heterocycles. The number of rotatable bonds is 30. The first-order valence-corrected chi connectivity index (χ1v) is 20.0. The van der Waals surface area contributed by atoms with Crippen LogP contribution in [0.3, 0.4) is 0 Å². The summed E-state index contributed by atoms with van der Waals surface area (Å²) in [5, 5.41) is 0. The van der Waals surface area contributed by atoms with E-state index < -0.39 is 11.8 Å². The molecule has 2 rings (SSSR count). The standard InChI is InChI=1S/C40H74O5/c1-5-9-13-17-21-25-29-40(30-26-22-18-14-10-6-2)36(39(42)44-32-28-24-20-16-12-8-4)34(33-35-37(40)45-35)38(41)43-31-27-23-19-15-11-7-3/h34-37H,5-33H2,1-4H3. The molecule has 0 spiro atoms. The van der Waals surface area contributed by atoms with Crippen molar-refractivity contribution in [1.29, 1.82) is 0 Å². The molecule has 0 aromatic rings. The van der Waals surface area contributed by atoms with Crippen LogP contribution in [0, 0.1) is 17.3 Å². The third kappa shape index (κ3) is 15.1. The van der Waals surface area contributed by atoms with Crippen molar-refractivity contribution in [2.75, 3.05) is 13.2 Å². The van der Waals surface area contributed by atoms with Gasteiger partial charge in [-0.15, -0.1) is 0 Å². The minimum atomic E-state index is -0.454. The number of epoxide rings is 1. The Morgan fingerprint density at radius 1 is 0.533 bits per heavy atom. The third-order valence-electron chi connectivity index (χ3n) is 10.7. The maximum absolute atomic E-state index is 14.2. The minimum absolute atomic E-state index is 0.0815. The van der Waals surface area contributed by atoms with E-state index in [1.807, 2.05) is 0 Å². The molecule has 5 heteroatoms. The summed E-state index contributed by atoms with van der Waals surface area (Å²) >= 11 is 0. The first-order valence-electron chi connectivity index (χ1n) is 20.0. The Hall–Kier alpha value is -1.10. The van der Waals surface area contributed by atoms with Crippen molar-refractivity contribution in [2.45, 2.75) is 213 Å². The van der Waals surface area contributed by atoms with Gasteiger partial charge < -0.3 is 14.2 Å². The van der Waals surface area contributed by atoms with Crippen molar-refractivity contribution in [3.8, 4) is 0 Å². The molecule has 0 N–H and O–H groups in total. The van der Waals surface area contributed by atoms with Crippen LogP contribution in [0.4, 0.5) is 0 Å². The van der Waals surface area contributed by atoms with E-state index in [1.165, 1.54) is 116 Å². The largest absolute Gasteiger partial charge is 0.465 e. The second kappa shape index (κ2) is 25.0. The van der Waals surface area contributed by atoms with Gasteiger partial charge >= 0.3 is 11.9 Å². The van der Waals surface area contributed by atoms with Gasteiger partial charge in [-0.2, -0.15) is 0 Å². The van der Waals surface area contributed by atoms with E-state index in [0.717, 1.165) is 51.4 Å². The molecular formula is C40H74O5. The number of esters is 2. The highest BCUT2D eigenvalue weighted by Crippen LogP contribution is 2.60. The van der Waals surface area contributed by atoms with Crippen molar-refractivity contribution in [2.24, 2.45) is 17.3 Å². The fourth-order valence-electron chi connectivity index (χ4n) is 7.92. The van der Waals surface area contributed by atoms with Crippen LogP contribution in [0.25, 0.3) is 0 Å². The van der Waals surface area contributed by atoms with E-state index in [9.17, 15) is 9.59 Å². The summed E-state index contributed by atoms with van der Waals surface area (Å²) < 4.78 is 18.4. The summed E-state index contributed by atoms with van der Waals surface area (Å²) in [5.41, 5.74) is -0.319. The van der Waals surface area contributed by atoms with E-state index in [0.29, 0.717) is 19.6 Å². The fraction of sp³-hybridized carbons (Fsp3) is 0.950. The van der Waals surface area contributed by atoms with Gasteiger partial charge in [-0.1, -0.05) is 169 Å². The molecule has 0 aromatic heterocycles. The van der Waals surface area contributed by atoms with Crippen LogP contribution >= 0.6 is 0 Å². The second-order valence-corrected chi connectivity index (χ2v) is 14.6. The molecule has 1 saturated heterocycles. The summed E-state index contributed by atoms with van der Waals surface area (Å²) in [6.45, 7) is 9.90. The maximum atomic E-state index is 14.2. The SMILES string of the molecule is CCCCCCCCOC(=O)C1CC2OC2C(CCCCCCCC)(CCCCCCCC)C1C(=O)OCCCCCCCC. The zero-order valence-corrected chi connectivity index (χ0v) is 30.4. The molecule has 0 bridgehead atoms. The van der Waals surface area contributed by atoms with Crippen LogP contribution in [-0.2, 0) is 23.8 Å². The molecule has 2 aliphatic rings. The molecule has 1 heterocycles. The van der Waals surface area contributed by atoms with Gasteiger partial charge in [0, 0.05) is 5.41 Å². The lowest BCUT2D eigenvalue weighted by Gasteiger charge is -2.44. The van der Waals surface area contributed by atoms with Gasteiger partial charge in [0.15, 0.2) is 0 Å². The van der Waals surface area contributed by atoms with E-state index >= 15 is 0 Å². The van der Waals surface area contributed by atoms with E-state index in [4.69, 9.17) is 14.2 Å². The molecule has 1 saturated carbocycles. The van der Waals surface area contributed by atoms with Gasteiger partial charge in [0.05, 0.1) is 37.3 Å². The van der Waals surface area contributed by atoms with Crippen molar-refractivity contribution in [3.05, 3.63) is 0 Å². The van der Waals surface area contributed by atoms with Gasteiger partial charge in [-0.3, -0.25) is 9.59 Å². The highest BCUT2D eigenvalue weighted by Gasteiger charge is 2.67. The third-order valence-corrected chi connectivity index (χ3v) is 10.7. The predicted molar refractivity (Wildman–Crippen MR) is 187 cm³/mol. The lowest BCUT2D eigenvalue weighted by atomic mass is 9.57. The highest BCUT2D eigenvalue weighted by molar-refractivity contribution is 5.83. The van der Waals surface area contributed by atoms with Crippen molar-refractivity contribution >= 4 is 11.9 Å². The average Bonchev–Trinajstić information content (AvgIpc) is 3.83. The molecule has 264 valence electrons. The molecule has 0 amide bonds. The van der Waals surface area contributed by atoms with Crippen molar-refractivity contribution in [1.82, 2.24) is 0 Å². The molecule has 0 radical (unpaired) electrons. The number of unbranched alkanes of at least 4 members (excludes halogenated alkanes) is 20. The fourth-order valence-corrected chi connectivity index (χ4v) is 7.92. The van der Waals surface area contributed by atoms with E-state index in [2.05, 4.69) is 27.7 Å². The molecule has 0 aromatic carbocycles. The van der Waals surface area contributed by atoms with Crippen molar-refractivity contribution in [3.63, 3.8) is 0 Å². The molecule has 2 fully saturated rings. The Labute approximate surface area is 279 Å². The second-order valence-electron chi connectivity index (χ2n) is 14.6.